The largest absolute Gasteiger partial charge is 0.465 e. The third kappa shape index (κ3) is 2.60. The topological polar surface area (TPSA) is 97.7 Å². The second-order valence-electron chi connectivity index (χ2n) is 4.31. The molecule has 100 valence electrons. The minimum Gasteiger partial charge on any atom is -0.465 e. The number of ether oxygens (including phenoxy) is 1. The van der Waals surface area contributed by atoms with Gasteiger partial charge in [-0.2, -0.15) is 15.8 Å². The van der Waals surface area contributed by atoms with Crippen LogP contribution >= 0.6 is 0 Å². The molecule has 5 nitrogen and oxygen atoms in total. The first-order valence-corrected chi connectivity index (χ1v) is 6.01. The predicted molar refractivity (Wildman–Crippen MR) is 69.9 cm³/mol. The second-order valence-corrected chi connectivity index (χ2v) is 4.31. The van der Waals surface area contributed by atoms with Crippen molar-refractivity contribution in [2.24, 2.45) is 5.92 Å². The lowest BCUT2D eigenvalue weighted by Gasteiger charge is -2.28. The lowest BCUT2D eigenvalue weighted by atomic mass is 9.72. The van der Waals surface area contributed by atoms with Crippen molar-refractivity contribution in [3.05, 3.63) is 35.4 Å². The molecule has 0 saturated carbocycles. The van der Waals surface area contributed by atoms with Crippen LogP contribution in [-0.4, -0.2) is 12.6 Å². The molecule has 5 heteroatoms. The van der Waals surface area contributed by atoms with Crippen LogP contribution in [0.3, 0.4) is 0 Å². The zero-order chi connectivity index (χ0) is 15.2. The van der Waals surface area contributed by atoms with Crippen LogP contribution in [0.1, 0.15) is 25.0 Å². The van der Waals surface area contributed by atoms with Gasteiger partial charge >= 0.3 is 5.97 Å². The molecule has 0 aliphatic heterocycles. The monoisotopic (exact) mass is 267 g/mol. The summed E-state index contributed by atoms with van der Waals surface area (Å²) in [6.07, 6.45) is 0. The fourth-order valence-electron chi connectivity index (χ4n) is 1.88. The van der Waals surface area contributed by atoms with Gasteiger partial charge < -0.3 is 4.74 Å². The molecule has 20 heavy (non-hydrogen) atoms. The fourth-order valence-corrected chi connectivity index (χ4v) is 1.88. The summed E-state index contributed by atoms with van der Waals surface area (Å²) in [6, 6.07) is 11.9. The first kappa shape index (κ1) is 15.2. The smallest absolute Gasteiger partial charge is 0.318 e. The molecule has 0 aromatic heterocycles. The Morgan fingerprint density at radius 1 is 1.35 bits per heavy atom. The van der Waals surface area contributed by atoms with E-state index < -0.39 is 17.3 Å². The average molecular weight is 267 g/mol. The SMILES string of the molecule is CCOC(=O)C(C)(c1cccc(C#N)c1)C(C#N)C#N. The predicted octanol–water partition coefficient (Wildman–Crippen LogP) is 2.04. The summed E-state index contributed by atoms with van der Waals surface area (Å²) in [7, 11) is 0. The first-order valence-electron chi connectivity index (χ1n) is 6.01. The molecule has 0 N–H and O–H groups in total. The number of hydrogen-bond acceptors (Lipinski definition) is 5. The number of hydrogen-bond donors (Lipinski definition) is 0. The van der Waals surface area contributed by atoms with E-state index in [-0.39, 0.29) is 6.61 Å². The summed E-state index contributed by atoms with van der Waals surface area (Å²) >= 11 is 0. The van der Waals surface area contributed by atoms with E-state index >= 15 is 0 Å². The van der Waals surface area contributed by atoms with Crippen molar-refractivity contribution in [3.8, 4) is 18.2 Å². The zero-order valence-electron chi connectivity index (χ0n) is 11.3. The van der Waals surface area contributed by atoms with Crippen molar-refractivity contribution < 1.29 is 9.53 Å². The number of carbonyl (C=O) groups is 1. The van der Waals surface area contributed by atoms with Crippen molar-refractivity contribution >= 4 is 5.97 Å². The molecular weight excluding hydrogens is 254 g/mol. The fraction of sp³-hybridized carbons (Fsp3) is 0.333. The first-order chi connectivity index (χ1) is 9.54. The highest BCUT2D eigenvalue weighted by Gasteiger charge is 2.45. The molecule has 1 aromatic rings. The minimum atomic E-state index is -1.42. The Kier molecular flexibility index (Phi) is 4.84. The Bertz CT molecular complexity index is 620. The van der Waals surface area contributed by atoms with Crippen molar-refractivity contribution in [2.75, 3.05) is 6.61 Å². The maximum absolute atomic E-state index is 12.2. The number of benzene rings is 1. The van der Waals surface area contributed by atoms with Crippen LogP contribution in [0.4, 0.5) is 0 Å². The Balaban J connectivity index is 3.46. The number of nitrogens with zero attached hydrogens (tertiary/aromatic N) is 3. The molecule has 1 aromatic carbocycles. The van der Waals surface area contributed by atoms with Crippen LogP contribution in [0.5, 0.6) is 0 Å². The second kappa shape index (κ2) is 6.36. The van der Waals surface area contributed by atoms with E-state index in [1.165, 1.54) is 13.0 Å². The van der Waals surface area contributed by atoms with Gasteiger partial charge in [0.05, 0.1) is 30.4 Å². The van der Waals surface area contributed by atoms with Gasteiger partial charge in [0, 0.05) is 0 Å². The maximum atomic E-state index is 12.2. The van der Waals surface area contributed by atoms with Crippen LogP contribution in [0.2, 0.25) is 0 Å². The molecule has 0 heterocycles. The molecule has 0 radical (unpaired) electrons. The Labute approximate surface area is 117 Å². The molecule has 1 unspecified atom stereocenters. The van der Waals surface area contributed by atoms with Gasteiger partial charge in [-0.3, -0.25) is 4.79 Å². The van der Waals surface area contributed by atoms with Gasteiger partial charge in [0.25, 0.3) is 0 Å². The minimum absolute atomic E-state index is 0.149. The summed E-state index contributed by atoms with van der Waals surface area (Å²) in [5.41, 5.74) is -0.650. The van der Waals surface area contributed by atoms with E-state index in [2.05, 4.69) is 0 Å². The Morgan fingerprint density at radius 3 is 2.50 bits per heavy atom. The van der Waals surface area contributed by atoms with E-state index in [9.17, 15) is 4.79 Å². The van der Waals surface area contributed by atoms with E-state index in [4.69, 9.17) is 20.5 Å². The third-order valence-electron chi connectivity index (χ3n) is 3.13. The highest BCUT2D eigenvalue weighted by atomic mass is 16.5. The van der Waals surface area contributed by atoms with Gasteiger partial charge in [-0.05, 0) is 31.5 Å². The Hall–Kier alpha value is -2.84. The van der Waals surface area contributed by atoms with E-state index in [0.29, 0.717) is 11.1 Å². The van der Waals surface area contributed by atoms with Crippen molar-refractivity contribution in [1.29, 1.82) is 15.8 Å². The van der Waals surface area contributed by atoms with Crippen molar-refractivity contribution in [3.63, 3.8) is 0 Å². The number of rotatable bonds is 4. The van der Waals surface area contributed by atoms with Crippen LogP contribution < -0.4 is 0 Å². The zero-order valence-corrected chi connectivity index (χ0v) is 11.3. The summed E-state index contributed by atoms with van der Waals surface area (Å²) < 4.78 is 5.00. The molecule has 0 aliphatic rings. The quantitative estimate of drug-likeness (QED) is 0.777. The van der Waals surface area contributed by atoms with Crippen LogP contribution in [0.15, 0.2) is 24.3 Å². The lowest BCUT2D eigenvalue weighted by molar-refractivity contribution is -0.150. The molecule has 1 atom stereocenters. The van der Waals surface area contributed by atoms with Gasteiger partial charge in [0.2, 0.25) is 0 Å². The molecule has 0 aliphatic carbocycles. The molecule has 0 amide bonds. The van der Waals surface area contributed by atoms with Crippen molar-refractivity contribution in [2.45, 2.75) is 19.3 Å². The summed E-state index contributed by atoms with van der Waals surface area (Å²) in [5.74, 6) is -1.85. The van der Waals surface area contributed by atoms with Crippen LogP contribution in [-0.2, 0) is 14.9 Å². The van der Waals surface area contributed by atoms with Gasteiger partial charge in [-0.25, -0.2) is 0 Å². The van der Waals surface area contributed by atoms with Gasteiger partial charge in [0.15, 0.2) is 5.92 Å². The van der Waals surface area contributed by atoms with Crippen molar-refractivity contribution in [1.82, 2.24) is 0 Å². The van der Waals surface area contributed by atoms with Crippen LogP contribution in [0.25, 0.3) is 0 Å². The summed E-state index contributed by atoms with van der Waals surface area (Å²) in [4.78, 5) is 12.2. The third-order valence-corrected chi connectivity index (χ3v) is 3.13. The number of carbonyl (C=O) groups excluding carboxylic acids is 1. The van der Waals surface area contributed by atoms with Gasteiger partial charge in [-0.15, -0.1) is 0 Å². The van der Waals surface area contributed by atoms with Gasteiger partial charge in [0.1, 0.15) is 5.41 Å². The highest BCUT2D eigenvalue weighted by molar-refractivity contribution is 5.84. The average Bonchev–Trinajstić information content (AvgIpc) is 2.48. The molecule has 1 rings (SSSR count). The van der Waals surface area contributed by atoms with Gasteiger partial charge in [-0.1, -0.05) is 12.1 Å². The molecule has 0 fully saturated rings. The van der Waals surface area contributed by atoms with Crippen LogP contribution in [0, 0.1) is 39.9 Å². The summed E-state index contributed by atoms with van der Waals surface area (Å²) in [5, 5.41) is 27.2. The lowest BCUT2D eigenvalue weighted by Crippen LogP contribution is -2.40. The Morgan fingerprint density at radius 2 is 2.00 bits per heavy atom. The standard InChI is InChI=1S/C15H13N3O2/c1-3-20-14(19)15(2,13(9-17)10-18)12-6-4-5-11(7-12)8-16/h4-7,13H,3H2,1-2H3. The molecule has 0 spiro atoms. The normalized spacial score (nSPS) is 12.6. The molecule has 0 saturated heterocycles. The molecular formula is C15H13N3O2. The highest BCUT2D eigenvalue weighted by Crippen LogP contribution is 2.33. The number of esters is 1. The van der Waals surface area contributed by atoms with E-state index in [0.717, 1.165) is 0 Å². The summed E-state index contributed by atoms with van der Waals surface area (Å²) in [6.45, 7) is 3.28. The van der Waals surface area contributed by atoms with E-state index in [1.54, 1.807) is 25.1 Å². The van der Waals surface area contributed by atoms with E-state index in [1.807, 2.05) is 18.2 Å². The maximum Gasteiger partial charge on any atom is 0.318 e. The molecule has 0 bridgehead atoms. The number of nitriles is 3.